The average molecular weight is 1030 g/mol. The maximum absolute atomic E-state index is 12.8. The molecule has 0 aromatic rings. The first-order valence-corrected chi connectivity index (χ1v) is 24.6. The Morgan fingerprint density at radius 2 is 1.59 bits per heavy atom. The first-order chi connectivity index (χ1) is 33.2. The summed E-state index contributed by atoms with van der Waals surface area (Å²) in [5.41, 5.74) is 0. The number of hydrogen-bond donors (Lipinski definition) is 13. The molecule has 27 heteroatoms. The molecule has 0 radical (unpaired) electrons. The van der Waals surface area contributed by atoms with Gasteiger partial charge in [0.15, 0.2) is 12.6 Å². The first kappa shape index (κ1) is 59.3. The molecular weight excluding hydrogens is 957 g/mol. The number of carboxylic acid groups (broad SMARTS) is 1. The number of thioether (sulfide) groups is 1. The zero-order valence-electron chi connectivity index (χ0n) is 39.5. The van der Waals surface area contributed by atoms with Crippen LogP contribution in [0, 0.1) is 5.92 Å². The lowest BCUT2D eigenvalue weighted by Crippen LogP contribution is -2.68. The molecule has 4 saturated heterocycles. The van der Waals surface area contributed by atoms with E-state index in [4.69, 9.17) is 28.4 Å². The van der Waals surface area contributed by atoms with Crippen molar-refractivity contribution in [2.45, 2.75) is 175 Å². The maximum atomic E-state index is 12.8. The zero-order chi connectivity index (χ0) is 51.9. The molecule has 0 aliphatic carbocycles. The largest absolute Gasteiger partial charge is 0.477 e. The van der Waals surface area contributed by atoms with E-state index < -0.39 is 141 Å². The number of aliphatic hydroxyl groups excluding tert-OH is 9. The Hall–Kier alpha value is -3.23. The molecule has 5 amide bonds. The highest BCUT2D eigenvalue weighted by Gasteiger charge is 2.56. The van der Waals surface area contributed by atoms with Gasteiger partial charge in [-0.2, -0.15) is 0 Å². The third-order valence-electron chi connectivity index (χ3n) is 12.7. The van der Waals surface area contributed by atoms with Crippen molar-refractivity contribution >= 4 is 47.3 Å². The molecule has 0 bridgehead atoms. The minimum atomic E-state index is -2.73. The lowest BCUT2D eigenvalue weighted by atomic mass is 9.84. The van der Waals surface area contributed by atoms with Crippen LogP contribution in [0.3, 0.4) is 0 Å². The average Bonchev–Trinajstić information content (AvgIpc) is 3.59. The van der Waals surface area contributed by atoms with Crippen molar-refractivity contribution < 1.29 is 108 Å². The molecule has 4 rings (SSSR count). The van der Waals surface area contributed by atoms with E-state index in [-0.39, 0.29) is 43.1 Å². The minimum Gasteiger partial charge on any atom is -0.477 e. The fourth-order valence-corrected chi connectivity index (χ4v) is 9.56. The van der Waals surface area contributed by atoms with Crippen LogP contribution in [0.2, 0.25) is 0 Å². The maximum Gasteiger partial charge on any atom is 0.364 e. The molecule has 17 atom stereocenters. The Labute approximate surface area is 408 Å². The van der Waals surface area contributed by atoms with Crippen LogP contribution in [0.25, 0.3) is 0 Å². The Morgan fingerprint density at radius 3 is 2.24 bits per heavy atom. The molecule has 26 nitrogen and oxygen atoms in total. The fraction of sp³-hybridized carbons (Fsp3) is 0.860. The number of nitrogens with zero attached hydrogens (tertiary/aromatic N) is 1. The van der Waals surface area contributed by atoms with Gasteiger partial charge in [0.25, 0.3) is 5.79 Å². The summed E-state index contributed by atoms with van der Waals surface area (Å²) >= 11 is 1.25. The molecule has 0 aromatic heterocycles. The number of likely N-dealkylation sites (tertiary alicyclic amines) is 1. The van der Waals surface area contributed by atoms with Crippen molar-refractivity contribution in [3.8, 4) is 0 Å². The van der Waals surface area contributed by atoms with E-state index in [0.717, 1.165) is 6.92 Å². The lowest BCUT2D eigenvalue weighted by molar-refractivity contribution is -0.357. The zero-order valence-corrected chi connectivity index (χ0v) is 40.3. The molecule has 0 aromatic carbocycles. The third kappa shape index (κ3) is 15.9. The molecule has 0 saturated carbocycles. The predicted octanol–water partition coefficient (Wildman–Crippen LogP) is -5.08. The van der Waals surface area contributed by atoms with E-state index in [0.29, 0.717) is 63.8 Å². The molecule has 4 aliphatic rings. The van der Waals surface area contributed by atoms with E-state index >= 15 is 0 Å². The molecule has 70 heavy (non-hydrogen) atoms. The topological polar surface area (TPSA) is 399 Å². The van der Waals surface area contributed by atoms with Crippen LogP contribution in [0.15, 0.2) is 0 Å². The first-order valence-electron chi connectivity index (χ1n) is 23.5. The van der Waals surface area contributed by atoms with Crippen LogP contribution in [0.4, 0.5) is 0 Å². The van der Waals surface area contributed by atoms with Crippen LogP contribution >= 0.6 is 11.8 Å². The summed E-state index contributed by atoms with van der Waals surface area (Å²) in [6.07, 6.45) is -19.0. The van der Waals surface area contributed by atoms with Gasteiger partial charge in [0.1, 0.15) is 61.0 Å². The molecule has 4 heterocycles. The number of aliphatic carboxylic acids is 1. The number of amides is 5. The smallest absolute Gasteiger partial charge is 0.364 e. The fourth-order valence-electron chi connectivity index (χ4n) is 8.44. The van der Waals surface area contributed by atoms with Crippen molar-refractivity contribution in [2.24, 2.45) is 5.92 Å². The van der Waals surface area contributed by atoms with Crippen LogP contribution < -0.4 is 16.0 Å². The summed E-state index contributed by atoms with van der Waals surface area (Å²) in [5.74, 6) is -6.71. The summed E-state index contributed by atoms with van der Waals surface area (Å²) in [4.78, 5) is 75.1. The molecule has 402 valence electrons. The summed E-state index contributed by atoms with van der Waals surface area (Å²) in [6, 6.07) is -1.58. The highest BCUT2D eigenvalue weighted by atomic mass is 32.2. The predicted molar refractivity (Wildman–Crippen MR) is 239 cm³/mol. The number of carbonyl (C=O) groups is 6. The van der Waals surface area contributed by atoms with Gasteiger partial charge in [-0.05, 0) is 32.1 Å². The number of hydrogen-bond acceptors (Lipinski definition) is 22. The van der Waals surface area contributed by atoms with Crippen molar-refractivity contribution in [3.63, 3.8) is 0 Å². The standard InChI is InChI=1S/C43H72N4O22S/c1-21-23(51)17-43(42(62)63,69-37(21)32(56)24(52)18-48)65-20-26-33(57)35(59)31(46-22(2)50)40(67-26)68-38-34(58)25(19-49)66-41(36(38)60)64-14-9-5-7-12-45-29(54)11-15-70-27-16-30(55)47(39(27)61)13-8-4-6-10-28(53)44-3/h21,23-27,31-38,40-41,48-49,51-52,56-60H,4-20H2,1-3H3,(H,44,53)(H,45,54)(H,46,50)(H,62,63)/t21-,23-,24-,25?,26?,27?,31?,32-,33-,34+,35-,36?,37?,38+,40+,41-,43-/m1/s1. The minimum absolute atomic E-state index is 0.00900. The normalized spacial score (nSPS) is 34.5. The molecular formula is C43H72N4O22S. The molecule has 0 spiro atoms. The summed E-state index contributed by atoms with van der Waals surface area (Å²) in [7, 11) is 1.56. The van der Waals surface area contributed by atoms with Gasteiger partial charge in [0.2, 0.25) is 29.5 Å². The van der Waals surface area contributed by atoms with Crippen LogP contribution in [0.5, 0.6) is 0 Å². The third-order valence-corrected chi connectivity index (χ3v) is 13.9. The van der Waals surface area contributed by atoms with E-state index in [1.54, 1.807) is 7.05 Å². The SMILES string of the molecule is CNC(=O)CCCCCN1C(=O)CC(SCCC(=O)NCCCCCO[C@@H]2OC(CO)[C@H](O)[C@H](O[C@@H]3OC(CO[C@]4(C(=O)O)C[C@@H](O)[C@@H](C)C([C@H](O)[C@H](O)CO)O4)[C@@H](O)[C@H](O)C3NC(C)=O)C2O)C1=O. The number of aliphatic hydroxyl groups is 9. The summed E-state index contributed by atoms with van der Waals surface area (Å²) in [5, 5.41) is 113. The number of carbonyl (C=O) groups excluding carboxylic acids is 5. The second-order valence-electron chi connectivity index (χ2n) is 17.8. The quantitative estimate of drug-likeness (QED) is 0.0258. The van der Waals surface area contributed by atoms with E-state index in [1.165, 1.54) is 23.6 Å². The number of imide groups is 1. The molecule has 6 unspecified atom stereocenters. The van der Waals surface area contributed by atoms with Crippen molar-refractivity contribution in [1.82, 2.24) is 20.9 Å². The Morgan fingerprint density at radius 1 is 0.886 bits per heavy atom. The van der Waals surface area contributed by atoms with E-state index in [9.17, 15) is 79.8 Å². The van der Waals surface area contributed by atoms with Crippen molar-refractivity contribution in [2.75, 3.05) is 52.3 Å². The molecule has 4 aliphatic heterocycles. The highest BCUT2D eigenvalue weighted by Crippen LogP contribution is 2.38. The lowest BCUT2D eigenvalue weighted by Gasteiger charge is -2.48. The number of rotatable bonds is 28. The molecule has 4 fully saturated rings. The van der Waals surface area contributed by atoms with Gasteiger partial charge in [-0.25, -0.2) is 4.79 Å². The number of carboxylic acids is 1. The van der Waals surface area contributed by atoms with Gasteiger partial charge < -0.3 is 95.4 Å². The van der Waals surface area contributed by atoms with Crippen molar-refractivity contribution in [1.29, 1.82) is 0 Å². The summed E-state index contributed by atoms with van der Waals surface area (Å²) < 4.78 is 34.4. The Bertz CT molecular complexity index is 1720. The van der Waals surface area contributed by atoms with Gasteiger partial charge in [-0.1, -0.05) is 13.3 Å². The number of nitrogens with one attached hydrogen (secondary N) is 3. The van der Waals surface area contributed by atoms with Gasteiger partial charge in [-0.15, -0.1) is 11.8 Å². The number of unbranched alkanes of at least 4 members (excludes halogenated alkanes) is 4. The van der Waals surface area contributed by atoms with Gasteiger partial charge >= 0.3 is 5.97 Å². The monoisotopic (exact) mass is 1030 g/mol. The Kier molecular flexibility index (Phi) is 24.0. The summed E-state index contributed by atoms with van der Waals surface area (Å²) in [6.45, 7) is 0.461. The van der Waals surface area contributed by atoms with Gasteiger partial charge in [-0.3, -0.25) is 28.9 Å². The van der Waals surface area contributed by atoms with E-state index in [1.807, 2.05) is 0 Å². The highest BCUT2D eigenvalue weighted by molar-refractivity contribution is 8.00. The van der Waals surface area contributed by atoms with Gasteiger partial charge in [0.05, 0.1) is 37.3 Å². The van der Waals surface area contributed by atoms with E-state index in [2.05, 4.69) is 16.0 Å². The van der Waals surface area contributed by atoms with Crippen LogP contribution in [-0.2, 0) is 57.2 Å². The van der Waals surface area contributed by atoms with Crippen LogP contribution in [-0.4, -0.2) is 241 Å². The number of ether oxygens (including phenoxy) is 6. The second kappa shape index (κ2) is 28.3. The van der Waals surface area contributed by atoms with Gasteiger partial charge in [0, 0.05) is 71.0 Å². The molecule has 13 N–H and O–H groups in total. The second-order valence-corrected chi connectivity index (χ2v) is 19.2. The van der Waals surface area contributed by atoms with Crippen LogP contribution in [0.1, 0.15) is 78.1 Å². The van der Waals surface area contributed by atoms with Crippen molar-refractivity contribution in [3.05, 3.63) is 0 Å². The Balaban J connectivity index is 1.26.